The van der Waals surface area contributed by atoms with Gasteiger partial charge in [0.2, 0.25) is 0 Å². The van der Waals surface area contributed by atoms with E-state index in [4.69, 9.17) is 0 Å². The third-order valence-corrected chi connectivity index (χ3v) is 2.36. The summed E-state index contributed by atoms with van der Waals surface area (Å²) in [4.78, 5) is 20.7. The molecule has 0 unspecified atom stereocenters. The highest BCUT2D eigenvalue weighted by Gasteiger charge is 1.89. The van der Waals surface area contributed by atoms with Crippen molar-refractivity contribution in [2.24, 2.45) is 0 Å². The Hall–Kier alpha value is -2.37. The van der Waals surface area contributed by atoms with Crippen LogP contribution >= 0.6 is 0 Å². The summed E-state index contributed by atoms with van der Waals surface area (Å²) in [6.07, 6.45) is 9.97. The van der Waals surface area contributed by atoms with Crippen LogP contribution in [-0.4, -0.2) is 29.9 Å². The van der Waals surface area contributed by atoms with Crippen LogP contribution in [0.25, 0.3) is 0 Å². The van der Waals surface area contributed by atoms with Crippen LogP contribution in [0.4, 0.5) is 0 Å². The minimum Gasteiger partial charge on any atom is -0.349 e. The summed E-state index contributed by atoms with van der Waals surface area (Å²) in [5.41, 5.74) is 1.07. The lowest BCUT2D eigenvalue weighted by atomic mass is 10.5. The van der Waals surface area contributed by atoms with Crippen LogP contribution < -0.4 is 0 Å². The molecule has 0 aliphatic carbocycles. The van der Waals surface area contributed by atoms with E-state index in [2.05, 4.69) is 36.8 Å². The number of aromatic amines is 3. The maximum atomic E-state index is 4.17. The zero-order valence-corrected chi connectivity index (χ0v) is 12.4. The standard InChI is InChI=1S/C6H10N2.2C4H6N2/c1-3-6-7-4-5(2)8-6;2*1-4-5-2-3-6-4/h4H,3H2,1-2H3,(H,7,8);2*2-3H,1H3,(H,5,6). The van der Waals surface area contributed by atoms with Gasteiger partial charge in [0, 0.05) is 37.4 Å². The van der Waals surface area contributed by atoms with Crippen molar-refractivity contribution in [1.82, 2.24) is 29.9 Å². The fraction of sp³-hybridized carbons (Fsp3) is 0.357. The molecule has 0 amide bonds. The van der Waals surface area contributed by atoms with Crippen molar-refractivity contribution in [2.45, 2.75) is 34.1 Å². The summed E-state index contributed by atoms with van der Waals surface area (Å²) in [6, 6.07) is 0. The lowest BCUT2D eigenvalue weighted by Crippen LogP contribution is -1.80. The second-order valence-electron chi connectivity index (χ2n) is 4.19. The van der Waals surface area contributed by atoms with Crippen LogP contribution in [-0.2, 0) is 6.42 Å². The van der Waals surface area contributed by atoms with Gasteiger partial charge in [-0.15, -0.1) is 0 Å². The fourth-order valence-corrected chi connectivity index (χ4v) is 1.33. The number of nitrogens with one attached hydrogen (secondary N) is 3. The zero-order valence-electron chi connectivity index (χ0n) is 12.4. The lowest BCUT2D eigenvalue weighted by molar-refractivity contribution is 0.982. The molecule has 3 N–H and O–H groups in total. The normalized spacial score (nSPS) is 9.20. The van der Waals surface area contributed by atoms with Gasteiger partial charge in [0.25, 0.3) is 0 Å². The Labute approximate surface area is 119 Å². The summed E-state index contributed by atoms with van der Waals surface area (Å²) in [5, 5.41) is 0. The summed E-state index contributed by atoms with van der Waals surface area (Å²) in [7, 11) is 0. The molecule has 0 aliphatic rings. The van der Waals surface area contributed by atoms with Crippen LogP contribution in [0.1, 0.15) is 30.1 Å². The molecule has 0 aliphatic heterocycles. The zero-order chi connectivity index (χ0) is 14.8. The number of hydrogen-bond donors (Lipinski definition) is 3. The number of rotatable bonds is 1. The molecule has 0 radical (unpaired) electrons. The summed E-state index contributed by atoms with van der Waals surface area (Å²) in [6.45, 7) is 7.90. The van der Waals surface area contributed by atoms with Gasteiger partial charge < -0.3 is 15.0 Å². The van der Waals surface area contributed by atoms with E-state index in [0.29, 0.717) is 0 Å². The van der Waals surface area contributed by atoms with E-state index in [-0.39, 0.29) is 0 Å². The van der Waals surface area contributed by atoms with Gasteiger partial charge in [0.1, 0.15) is 17.5 Å². The molecule has 0 saturated carbocycles. The molecular weight excluding hydrogens is 252 g/mol. The van der Waals surface area contributed by atoms with E-state index in [1.165, 1.54) is 0 Å². The summed E-state index contributed by atoms with van der Waals surface area (Å²) < 4.78 is 0. The van der Waals surface area contributed by atoms with Crippen LogP contribution in [0.3, 0.4) is 0 Å². The molecule has 0 saturated heterocycles. The Morgan fingerprint density at radius 3 is 1.60 bits per heavy atom. The third-order valence-electron chi connectivity index (χ3n) is 2.36. The Balaban J connectivity index is 0.000000152. The second-order valence-corrected chi connectivity index (χ2v) is 4.19. The van der Waals surface area contributed by atoms with E-state index in [9.17, 15) is 0 Å². The molecule has 0 fully saturated rings. The molecule has 0 bridgehead atoms. The van der Waals surface area contributed by atoms with Gasteiger partial charge in [-0.25, -0.2) is 15.0 Å². The number of aromatic nitrogens is 6. The van der Waals surface area contributed by atoms with Crippen LogP contribution in [0.2, 0.25) is 0 Å². The molecular formula is C14H22N6. The number of hydrogen-bond acceptors (Lipinski definition) is 3. The molecule has 3 aromatic rings. The predicted molar refractivity (Wildman–Crippen MR) is 79.4 cm³/mol. The largest absolute Gasteiger partial charge is 0.349 e. The molecule has 3 rings (SSSR count). The van der Waals surface area contributed by atoms with E-state index >= 15 is 0 Å². The van der Waals surface area contributed by atoms with Crippen LogP contribution in [0, 0.1) is 20.8 Å². The van der Waals surface area contributed by atoms with Gasteiger partial charge in [0.05, 0.1) is 5.69 Å². The van der Waals surface area contributed by atoms with E-state index in [0.717, 1.165) is 29.6 Å². The van der Waals surface area contributed by atoms with Gasteiger partial charge in [-0.05, 0) is 20.8 Å². The van der Waals surface area contributed by atoms with Crippen molar-refractivity contribution in [2.75, 3.05) is 0 Å². The summed E-state index contributed by atoms with van der Waals surface area (Å²) >= 11 is 0. The average molecular weight is 274 g/mol. The molecule has 0 aromatic carbocycles. The highest BCUT2D eigenvalue weighted by molar-refractivity contribution is 4.97. The fourth-order valence-electron chi connectivity index (χ4n) is 1.33. The van der Waals surface area contributed by atoms with Crippen LogP contribution in [0.15, 0.2) is 31.0 Å². The topological polar surface area (TPSA) is 86.0 Å². The Morgan fingerprint density at radius 1 is 0.900 bits per heavy atom. The predicted octanol–water partition coefficient (Wildman–Crippen LogP) is 2.72. The molecule has 0 spiro atoms. The molecule has 3 aromatic heterocycles. The van der Waals surface area contributed by atoms with Gasteiger partial charge in [-0.1, -0.05) is 6.92 Å². The summed E-state index contributed by atoms with van der Waals surface area (Å²) in [5.74, 6) is 3.01. The van der Waals surface area contributed by atoms with Crippen molar-refractivity contribution in [3.05, 3.63) is 54.2 Å². The number of H-pyrrole nitrogens is 3. The minimum absolute atomic E-state index is 0.968. The molecule has 20 heavy (non-hydrogen) atoms. The Morgan fingerprint density at radius 2 is 1.45 bits per heavy atom. The third kappa shape index (κ3) is 6.53. The van der Waals surface area contributed by atoms with E-state index in [1.807, 2.05) is 27.0 Å². The van der Waals surface area contributed by atoms with Crippen molar-refractivity contribution in [3.8, 4) is 0 Å². The minimum atomic E-state index is 0.968. The first-order valence-electron chi connectivity index (χ1n) is 6.54. The number of aryl methyl sites for hydroxylation is 4. The first kappa shape index (κ1) is 15.7. The molecule has 3 heterocycles. The molecule has 6 nitrogen and oxygen atoms in total. The van der Waals surface area contributed by atoms with Crippen molar-refractivity contribution < 1.29 is 0 Å². The molecule has 0 atom stereocenters. The number of nitrogens with zero attached hydrogens (tertiary/aromatic N) is 3. The van der Waals surface area contributed by atoms with E-state index < -0.39 is 0 Å². The van der Waals surface area contributed by atoms with Gasteiger partial charge in [-0.2, -0.15) is 0 Å². The van der Waals surface area contributed by atoms with Gasteiger partial charge in [0.15, 0.2) is 0 Å². The van der Waals surface area contributed by atoms with Crippen molar-refractivity contribution >= 4 is 0 Å². The Bertz CT molecular complexity index is 518. The van der Waals surface area contributed by atoms with Gasteiger partial charge >= 0.3 is 0 Å². The van der Waals surface area contributed by atoms with Crippen molar-refractivity contribution in [1.29, 1.82) is 0 Å². The van der Waals surface area contributed by atoms with Crippen LogP contribution in [0.5, 0.6) is 0 Å². The Kier molecular flexibility index (Phi) is 6.81. The highest BCUT2D eigenvalue weighted by atomic mass is 14.9. The quantitative estimate of drug-likeness (QED) is 0.637. The highest BCUT2D eigenvalue weighted by Crippen LogP contribution is 1.93. The maximum Gasteiger partial charge on any atom is 0.106 e. The number of imidazole rings is 3. The first-order valence-corrected chi connectivity index (χ1v) is 6.54. The van der Waals surface area contributed by atoms with E-state index in [1.54, 1.807) is 24.8 Å². The van der Waals surface area contributed by atoms with Gasteiger partial charge in [-0.3, -0.25) is 0 Å². The smallest absolute Gasteiger partial charge is 0.106 e. The lowest BCUT2D eigenvalue weighted by Gasteiger charge is -1.80. The average Bonchev–Trinajstić information content (AvgIpc) is 3.15. The second kappa shape index (κ2) is 8.68. The maximum absolute atomic E-state index is 4.17. The molecule has 108 valence electrons. The first-order chi connectivity index (χ1) is 9.61. The SMILES string of the molecule is CCc1nc(C)c[nH]1.Cc1ncc[nH]1.Cc1ncc[nH]1. The monoisotopic (exact) mass is 274 g/mol. The van der Waals surface area contributed by atoms with Crippen molar-refractivity contribution in [3.63, 3.8) is 0 Å². The molecule has 6 heteroatoms.